The second kappa shape index (κ2) is 11.2. The van der Waals surface area contributed by atoms with Gasteiger partial charge < -0.3 is 16.0 Å². The minimum Gasteiger partial charge on any atom is -0.346 e. The lowest BCUT2D eigenvalue weighted by molar-refractivity contribution is -0.133. The molecule has 1 aromatic heterocycles. The summed E-state index contributed by atoms with van der Waals surface area (Å²) in [6, 6.07) is -0.698. The molecule has 0 unspecified atom stereocenters. The molecule has 0 aromatic carbocycles. The summed E-state index contributed by atoms with van der Waals surface area (Å²) in [4.78, 5) is 28.5. The molecule has 1 rings (SSSR count). The van der Waals surface area contributed by atoms with Crippen molar-refractivity contribution >= 4 is 36.6 Å². The van der Waals surface area contributed by atoms with Crippen LogP contribution in [0.2, 0.25) is 0 Å². The molecule has 0 spiro atoms. The van der Waals surface area contributed by atoms with E-state index < -0.39 is 24.4 Å². The Labute approximate surface area is 151 Å². The van der Waals surface area contributed by atoms with Gasteiger partial charge in [-0.2, -0.15) is 8.78 Å². The molecule has 1 heterocycles. The second-order valence-corrected chi connectivity index (χ2v) is 5.27. The van der Waals surface area contributed by atoms with Crippen LogP contribution in [0.15, 0.2) is 12.4 Å². The van der Waals surface area contributed by atoms with E-state index in [1.165, 1.54) is 18.1 Å². The average molecular weight is 390 g/mol. The molecule has 0 bridgehead atoms. The van der Waals surface area contributed by atoms with E-state index in [2.05, 4.69) is 10.3 Å². The van der Waals surface area contributed by atoms with Crippen LogP contribution < -0.4 is 11.1 Å². The Morgan fingerprint density at radius 1 is 1.38 bits per heavy atom. The largest absolute Gasteiger partial charge is 0.346 e. The van der Waals surface area contributed by atoms with Crippen LogP contribution in [0, 0.1) is 5.92 Å². The minimum absolute atomic E-state index is 0. The fourth-order valence-corrected chi connectivity index (χ4v) is 1.66. The first kappa shape index (κ1) is 24.8. The highest BCUT2D eigenvalue weighted by atomic mass is 35.5. The third-order valence-corrected chi connectivity index (χ3v) is 3.20. The number of nitrogens with zero attached hydrogens (tertiary/aromatic N) is 3. The maximum Gasteiger partial charge on any atom is 0.319 e. The third-order valence-electron chi connectivity index (χ3n) is 3.20. The van der Waals surface area contributed by atoms with E-state index >= 15 is 0 Å². The summed E-state index contributed by atoms with van der Waals surface area (Å²) in [6.07, 6.45) is 2.38. The quantitative estimate of drug-likeness (QED) is 0.731. The number of hydrogen-bond acceptors (Lipinski definition) is 4. The summed E-state index contributed by atoms with van der Waals surface area (Å²) in [5, 5.41) is 2.43. The van der Waals surface area contributed by atoms with Crippen molar-refractivity contribution in [2.45, 2.75) is 33.0 Å². The first-order valence-electron chi connectivity index (χ1n) is 6.81. The van der Waals surface area contributed by atoms with Crippen molar-refractivity contribution in [1.82, 2.24) is 19.8 Å². The number of carbonyl (C=O) groups is 2. The van der Waals surface area contributed by atoms with Gasteiger partial charge in [-0.25, -0.2) is 4.98 Å². The first-order chi connectivity index (χ1) is 10.2. The number of hydrogen-bond donors (Lipinski definition) is 2. The van der Waals surface area contributed by atoms with E-state index in [0.29, 0.717) is 4.57 Å². The average Bonchev–Trinajstić information content (AvgIpc) is 2.91. The van der Waals surface area contributed by atoms with Crippen LogP contribution in [0.3, 0.4) is 0 Å². The maximum atomic E-state index is 12.7. The highest BCUT2D eigenvalue weighted by Gasteiger charge is 2.20. The van der Waals surface area contributed by atoms with Crippen LogP contribution in [0.5, 0.6) is 0 Å². The van der Waals surface area contributed by atoms with E-state index in [-0.39, 0.29) is 49.6 Å². The van der Waals surface area contributed by atoms with Crippen molar-refractivity contribution < 1.29 is 18.4 Å². The van der Waals surface area contributed by atoms with E-state index in [1.807, 2.05) is 0 Å². The molecule has 11 heteroatoms. The van der Waals surface area contributed by atoms with Gasteiger partial charge in [0.25, 0.3) is 0 Å². The molecule has 140 valence electrons. The van der Waals surface area contributed by atoms with Crippen molar-refractivity contribution in [3.63, 3.8) is 0 Å². The maximum absolute atomic E-state index is 12.7. The van der Waals surface area contributed by atoms with Gasteiger partial charge in [0, 0.05) is 19.4 Å². The van der Waals surface area contributed by atoms with Gasteiger partial charge in [-0.3, -0.25) is 14.2 Å². The molecule has 0 fully saturated rings. The highest BCUT2D eigenvalue weighted by molar-refractivity contribution is 5.87. The Hall–Kier alpha value is -1.45. The number of halogens is 4. The predicted molar refractivity (Wildman–Crippen MR) is 90.3 cm³/mol. The van der Waals surface area contributed by atoms with Gasteiger partial charge in [-0.05, 0) is 5.92 Å². The summed E-state index contributed by atoms with van der Waals surface area (Å²) in [6.45, 7) is 0.544. The number of amides is 2. The van der Waals surface area contributed by atoms with E-state index in [4.69, 9.17) is 5.73 Å². The molecular formula is C13H23Cl2F2N5O2. The zero-order chi connectivity index (χ0) is 16.9. The molecule has 0 saturated carbocycles. The zero-order valence-electron chi connectivity index (χ0n) is 13.6. The second-order valence-electron chi connectivity index (χ2n) is 5.27. The molecule has 0 aliphatic heterocycles. The number of aromatic nitrogens is 2. The van der Waals surface area contributed by atoms with Gasteiger partial charge in [0.2, 0.25) is 11.8 Å². The van der Waals surface area contributed by atoms with Gasteiger partial charge in [0.15, 0.2) is 0 Å². The van der Waals surface area contributed by atoms with Crippen LogP contribution >= 0.6 is 24.8 Å². The summed E-state index contributed by atoms with van der Waals surface area (Å²) in [7, 11) is 1.45. The van der Waals surface area contributed by atoms with Gasteiger partial charge in [-0.1, -0.05) is 13.8 Å². The first-order valence-corrected chi connectivity index (χ1v) is 6.81. The normalized spacial score (nSPS) is 11.5. The Bertz CT molecular complexity index is 528. The number of alkyl halides is 2. The smallest absolute Gasteiger partial charge is 0.319 e. The molecule has 1 atom stereocenters. The van der Waals surface area contributed by atoms with Crippen LogP contribution in [0.4, 0.5) is 8.78 Å². The van der Waals surface area contributed by atoms with Gasteiger partial charge in [0.05, 0.1) is 19.1 Å². The molecule has 7 nitrogen and oxygen atoms in total. The molecule has 3 N–H and O–H groups in total. The number of nitrogens with two attached hydrogens (primary N) is 1. The van der Waals surface area contributed by atoms with Crippen LogP contribution in [-0.4, -0.2) is 45.9 Å². The van der Waals surface area contributed by atoms with Gasteiger partial charge in [-0.15, -0.1) is 24.8 Å². The standard InChI is InChI=1S/C13H21F2N5O2.2ClH/c1-8(2)11(16)12(22)18-6-10(21)19(3)7-9-17-4-5-20(9)13(14)15;;/h4-5,8,11,13H,6-7,16H2,1-3H3,(H,18,22);2*1H/t11-;;/m0../s1. The molecule has 0 aliphatic rings. The molecule has 0 aliphatic carbocycles. The SMILES string of the molecule is CC(C)[C@H](N)C(=O)NCC(=O)N(C)Cc1nccn1C(F)F.Cl.Cl. The minimum atomic E-state index is -2.72. The molecule has 24 heavy (non-hydrogen) atoms. The van der Waals surface area contributed by atoms with E-state index in [9.17, 15) is 18.4 Å². The Kier molecular flexibility index (Phi) is 11.5. The van der Waals surface area contributed by atoms with Crippen molar-refractivity contribution in [3.05, 3.63) is 18.2 Å². The lowest BCUT2D eigenvalue weighted by Gasteiger charge is -2.19. The predicted octanol–water partition coefficient (Wildman–Crippen LogP) is 1.18. The number of carbonyl (C=O) groups excluding carboxylic acids is 2. The molecule has 0 radical (unpaired) electrons. The molecule has 2 amide bonds. The Morgan fingerprint density at radius 2 is 1.96 bits per heavy atom. The van der Waals surface area contributed by atoms with Gasteiger partial charge >= 0.3 is 6.55 Å². The monoisotopic (exact) mass is 389 g/mol. The lowest BCUT2D eigenvalue weighted by Crippen LogP contribution is -2.47. The summed E-state index contributed by atoms with van der Waals surface area (Å²) < 4.78 is 26.0. The van der Waals surface area contributed by atoms with E-state index in [0.717, 1.165) is 6.20 Å². The van der Waals surface area contributed by atoms with Crippen LogP contribution in [-0.2, 0) is 16.1 Å². The summed E-state index contributed by atoms with van der Waals surface area (Å²) in [5.41, 5.74) is 5.65. The zero-order valence-corrected chi connectivity index (χ0v) is 15.2. The number of imidazole rings is 1. The summed E-state index contributed by atoms with van der Waals surface area (Å²) >= 11 is 0. The number of nitrogens with one attached hydrogen (secondary N) is 1. The van der Waals surface area contributed by atoms with Crippen LogP contribution in [0.25, 0.3) is 0 Å². The topological polar surface area (TPSA) is 93.2 Å². The van der Waals surface area contributed by atoms with Gasteiger partial charge in [0.1, 0.15) is 5.82 Å². The molecular weight excluding hydrogens is 367 g/mol. The lowest BCUT2D eigenvalue weighted by atomic mass is 10.1. The molecule has 0 saturated heterocycles. The Morgan fingerprint density at radius 3 is 2.46 bits per heavy atom. The fourth-order valence-electron chi connectivity index (χ4n) is 1.66. The fraction of sp³-hybridized carbons (Fsp3) is 0.615. The molecule has 1 aromatic rings. The number of rotatable bonds is 7. The third kappa shape index (κ3) is 6.98. The number of likely N-dealkylation sites (N-methyl/N-ethyl adjacent to an activating group) is 1. The van der Waals surface area contributed by atoms with Crippen molar-refractivity contribution in [2.24, 2.45) is 11.7 Å². The highest BCUT2D eigenvalue weighted by Crippen LogP contribution is 2.13. The van der Waals surface area contributed by atoms with Crippen molar-refractivity contribution in [3.8, 4) is 0 Å². The van der Waals surface area contributed by atoms with Crippen molar-refractivity contribution in [2.75, 3.05) is 13.6 Å². The Balaban J connectivity index is 0. The van der Waals surface area contributed by atoms with Crippen LogP contribution in [0.1, 0.15) is 26.2 Å². The summed E-state index contributed by atoms with van der Waals surface area (Å²) in [5.74, 6) is -0.832. The van der Waals surface area contributed by atoms with E-state index in [1.54, 1.807) is 13.8 Å². The van der Waals surface area contributed by atoms with Crippen molar-refractivity contribution in [1.29, 1.82) is 0 Å².